The van der Waals surface area contributed by atoms with Crippen LogP contribution in [0.3, 0.4) is 0 Å². The van der Waals surface area contributed by atoms with Gasteiger partial charge in [0, 0.05) is 24.0 Å². The summed E-state index contributed by atoms with van der Waals surface area (Å²) in [6, 6.07) is 8.25. The molecule has 5 nitrogen and oxygen atoms in total. The Morgan fingerprint density at radius 1 is 1.12 bits per heavy atom. The molecular weight excluding hydrogens is 413 g/mol. The summed E-state index contributed by atoms with van der Waals surface area (Å²) in [5, 5.41) is 7.71. The van der Waals surface area contributed by atoms with Crippen molar-refractivity contribution < 1.29 is 0 Å². The van der Waals surface area contributed by atoms with Crippen LogP contribution in [0.4, 0.5) is 5.69 Å². The van der Waals surface area contributed by atoms with E-state index in [2.05, 4.69) is 48.3 Å². The Hall–Kier alpha value is -1.57. The Morgan fingerprint density at radius 3 is 2.33 bits per heavy atom. The number of benzene rings is 1. The molecule has 1 aromatic heterocycles. The lowest BCUT2D eigenvalue weighted by Gasteiger charge is -2.07. The Bertz CT molecular complexity index is 673. The first-order chi connectivity index (χ1) is 11.1. The number of aliphatic imine (C=N–C) groups is 1. The first-order valence-corrected chi connectivity index (χ1v) is 8.28. The number of halogens is 1. The number of aryl methyl sites for hydroxylation is 3. The maximum Gasteiger partial charge on any atom is 0.193 e. The quantitative estimate of drug-likeness (QED) is 0.409. The van der Waals surface area contributed by atoms with Gasteiger partial charge in [-0.05, 0) is 37.0 Å². The van der Waals surface area contributed by atoms with Crippen LogP contribution in [0, 0.1) is 0 Å². The number of anilines is 1. The van der Waals surface area contributed by atoms with Gasteiger partial charge in [-0.25, -0.2) is 4.99 Å². The predicted octanol–water partition coefficient (Wildman–Crippen LogP) is 3.65. The summed E-state index contributed by atoms with van der Waals surface area (Å²) >= 11 is 0. The molecule has 24 heavy (non-hydrogen) atoms. The molecule has 2 rings (SSSR count). The molecule has 1 heterocycles. The van der Waals surface area contributed by atoms with E-state index in [-0.39, 0.29) is 24.0 Å². The molecule has 1 aromatic carbocycles. The molecule has 0 saturated heterocycles. The van der Waals surface area contributed by atoms with Gasteiger partial charge in [-0.2, -0.15) is 5.10 Å². The number of aromatic nitrogens is 2. The zero-order valence-electron chi connectivity index (χ0n) is 15.0. The van der Waals surface area contributed by atoms with Crippen LogP contribution in [0.1, 0.15) is 43.3 Å². The molecule has 0 saturated carbocycles. The van der Waals surface area contributed by atoms with Gasteiger partial charge in [0.15, 0.2) is 5.96 Å². The summed E-state index contributed by atoms with van der Waals surface area (Å²) in [4.78, 5) is 4.49. The molecular formula is C18H28IN5. The van der Waals surface area contributed by atoms with E-state index >= 15 is 0 Å². The van der Waals surface area contributed by atoms with Crippen LogP contribution in [0.25, 0.3) is 0 Å². The van der Waals surface area contributed by atoms with Crippen LogP contribution in [-0.4, -0.2) is 15.7 Å². The van der Waals surface area contributed by atoms with Crippen molar-refractivity contribution in [2.45, 2.75) is 46.6 Å². The Labute approximate surface area is 161 Å². The molecule has 0 radical (unpaired) electrons. The van der Waals surface area contributed by atoms with E-state index in [1.54, 1.807) is 0 Å². The second kappa shape index (κ2) is 9.66. The van der Waals surface area contributed by atoms with E-state index < -0.39 is 0 Å². The van der Waals surface area contributed by atoms with Crippen molar-refractivity contribution >= 4 is 35.6 Å². The third-order valence-electron chi connectivity index (χ3n) is 4.07. The van der Waals surface area contributed by atoms with E-state index in [9.17, 15) is 0 Å². The van der Waals surface area contributed by atoms with E-state index in [0.29, 0.717) is 12.5 Å². The normalized spacial score (nSPS) is 11.2. The minimum Gasteiger partial charge on any atom is -0.370 e. The van der Waals surface area contributed by atoms with Gasteiger partial charge in [0.1, 0.15) is 0 Å². The molecule has 6 heteroatoms. The van der Waals surface area contributed by atoms with Crippen molar-refractivity contribution in [1.82, 2.24) is 9.78 Å². The largest absolute Gasteiger partial charge is 0.370 e. The second-order valence-corrected chi connectivity index (χ2v) is 5.58. The van der Waals surface area contributed by atoms with Crippen LogP contribution in [-0.2, 0) is 32.9 Å². The van der Waals surface area contributed by atoms with Crippen molar-refractivity contribution in [3.8, 4) is 0 Å². The molecule has 0 spiro atoms. The van der Waals surface area contributed by atoms with Crippen LogP contribution in [0.5, 0.6) is 0 Å². The Morgan fingerprint density at radius 2 is 1.79 bits per heavy atom. The summed E-state index contributed by atoms with van der Waals surface area (Å²) < 4.78 is 1.96. The lowest BCUT2D eigenvalue weighted by atomic mass is 10.1. The third-order valence-corrected chi connectivity index (χ3v) is 4.07. The molecule has 0 aliphatic carbocycles. The number of guanidine groups is 1. The van der Waals surface area contributed by atoms with Crippen molar-refractivity contribution in [3.05, 3.63) is 46.8 Å². The molecule has 3 N–H and O–H groups in total. The van der Waals surface area contributed by atoms with Gasteiger partial charge in [-0.15, -0.1) is 24.0 Å². The van der Waals surface area contributed by atoms with Crippen molar-refractivity contribution in [1.29, 1.82) is 0 Å². The van der Waals surface area contributed by atoms with Crippen molar-refractivity contribution in [2.75, 3.05) is 5.32 Å². The van der Waals surface area contributed by atoms with E-state index in [1.165, 1.54) is 16.8 Å². The van der Waals surface area contributed by atoms with Crippen LogP contribution in [0.15, 0.2) is 29.3 Å². The fraction of sp³-hybridized carbons (Fsp3) is 0.444. The van der Waals surface area contributed by atoms with Crippen molar-refractivity contribution in [3.63, 3.8) is 0 Å². The monoisotopic (exact) mass is 441 g/mol. The average molecular weight is 441 g/mol. The summed E-state index contributed by atoms with van der Waals surface area (Å²) in [5.74, 6) is 0.433. The number of hydrogen-bond donors (Lipinski definition) is 2. The molecule has 0 amide bonds. The Balaban J connectivity index is 0.00000288. The minimum absolute atomic E-state index is 0. The lowest BCUT2D eigenvalue weighted by molar-refractivity contribution is 0.703. The van der Waals surface area contributed by atoms with Gasteiger partial charge in [0.2, 0.25) is 0 Å². The van der Waals surface area contributed by atoms with Gasteiger partial charge < -0.3 is 11.1 Å². The van der Waals surface area contributed by atoms with E-state index in [1.807, 2.05) is 23.9 Å². The highest BCUT2D eigenvalue weighted by Crippen LogP contribution is 2.16. The standard InChI is InChI=1S/C18H27N5.HI/c1-5-13-8-10-14(11-9-13)21-18(19)20-12-15-16(6-2)22-23(4)17(15)7-3;/h8-11H,5-7,12H2,1-4H3,(H3,19,20,21);1H. The van der Waals surface area contributed by atoms with Crippen LogP contribution < -0.4 is 11.1 Å². The van der Waals surface area contributed by atoms with Gasteiger partial charge >= 0.3 is 0 Å². The number of rotatable bonds is 6. The number of nitrogens with zero attached hydrogens (tertiary/aromatic N) is 3. The molecule has 0 aliphatic heterocycles. The highest BCUT2D eigenvalue weighted by atomic mass is 127. The highest BCUT2D eigenvalue weighted by Gasteiger charge is 2.12. The smallest absolute Gasteiger partial charge is 0.193 e. The lowest BCUT2D eigenvalue weighted by Crippen LogP contribution is -2.22. The SMILES string of the molecule is CCc1ccc(NC(N)=NCc2c(CC)nn(C)c2CC)cc1.I. The third kappa shape index (κ3) is 4.96. The first-order valence-electron chi connectivity index (χ1n) is 8.28. The molecule has 2 aromatic rings. The van der Waals surface area contributed by atoms with Crippen molar-refractivity contribution in [2.24, 2.45) is 17.8 Å². The zero-order valence-corrected chi connectivity index (χ0v) is 17.3. The molecule has 0 bridgehead atoms. The van der Waals surface area contributed by atoms with Gasteiger partial charge in [-0.1, -0.05) is 32.9 Å². The van der Waals surface area contributed by atoms with Crippen LogP contribution in [0.2, 0.25) is 0 Å². The summed E-state index contributed by atoms with van der Waals surface area (Å²) in [6.45, 7) is 6.96. The topological polar surface area (TPSA) is 68.2 Å². The number of nitrogens with two attached hydrogens (primary N) is 1. The Kier molecular flexibility index (Phi) is 8.24. The van der Waals surface area contributed by atoms with Gasteiger partial charge in [0.25, 0.3) is 0 Å². The fourth-order valence-corrected chi connectivity index (χ4v) is 2.75. The van der Waals surface area contributed by atoms with Crippen LogP contribution >= 0.6 is 24.0 Å². The fourth-order valence-electron chi connectivity index (χ4n) is 2.75. The molecule has 0 aliphatic rings. The summed E-state index contributed by atoms with van der Waals surface area (Å²) in [7, 11) is 1.99. The highest BCUT2D eigenvalue weighted by molar-refractivity contribution is 14.0. The van der Waals surface area contributed by atoms with E-state index in [0.717, 1.165) is 30.6 Å². The summed E-state index contributed by atoms with van der Waals surface area (Å²) in [5.41, 5.74) is 11.8. The number of nitrogens with one attached hydrogen (secondary N) is 1. The summed E-state index contributed by atoms with van der Waals surface area (Å²) in [6.07, 6.45) is 2.88. The predicted molar refractivity (Wildman–Crippen MR) is 112 cm³/mol. The second-order valence-electron chi connectivity index (χ2n) is 5.58. The maximum atomic E-state index is 6.03. The average Bonchev–Trinajstić information content (AvgIpc) is 2.88. The molecule has 0 atom stereocenters. The molecule has 0 fully saturated rings. The molecule has 132 valence electrons. The molecule has 0 unspecified atom stereocenters. The zero-order chi connectivity index (χ0) is 16.8. The number of hydrogen-bond acceptors (Lipinski definition) is 2. The van der Waals surface area contributed by atoms with E-state index in [4.69, 9.17) is 5.73 Å². The van der Waals surface area contributed by atoms with Gasteiger partial charge in [-0.3, -0.25) is 4.68 Å². The first kappa shape index (κ1) is 20.5. The minimum atomic E-state index is 0. The van der Waals surface area contributed by atoms with Gasteiger partial charge in [0.05, 0.1) is 12.2 Å². The maximum absolute atomic E-state index is 6.03.